The summed E-state index contributed by atoms with van der Waals surface area (Å²) in [6, 6.07) is 11.7. The summed E-state index contributed by atoms with van der Waals surface area (Å²) in [5, 5.41) is 0.541. The number of aromatic nitrogens is 1. The number of rotatable bonds is 14. The molecule has 1 unspecified atom stereocenters. The van der Waals surface area contributed by atoms with E-state index in [-0.39, 0.29) is 43.2 Å². The lowest BCUT2D eigenvalue weighted by Gasteiger charge is -2.24. The molecule has 0 spiro atoms. The highest BCUT2D eigenvalue weighted by Gasteiger charge is 2.29. The molecule has 3 aromatic rings. The van der Waals surface area contributed by atoms with E-state index in [4.69, 9.17) is 23.9 Å². The van der Waals surface area contributed by atoms with Crippen molar-refractivity contribution in [1.29, 1.82) is 0 Å². The maximum Gasteiger partial charge on any atom is 0.260 e. The standard InChI is InChI=1S/C27H35N3O7S2/c1-4-36-23-8-5-9-24-25(23)28-27(38-24)30(19-21-7-6-16-37-21)26(31)20-10-12-22(13-11-20)39(32,33)29(14-17-34-2)15-18-35-3/h5,8-13,21H,4,6-7,14-19H2,1-3H3. The molecule has 0 saturated carbocycles. The minimum Gasteiger partial charge on any atom is -0.492 e. The molecule has 1 aromatic heterocycles. The molecule has 12 heteroatoms. The molecule has 39 heavy (non-hydrogen) atoms. The fourth-order valence-corrected chi connectivity index (χ4v) is 6.75. The van der Waals surface area contributed by atoms with Gasteiger partial charge in [0.25, 0.3) is 5.91 Å². The molecule has 1 aliphatic rings. The summed E-state index contributed by atoms with van der Waals surface area (Å²) in [4.78, 5) is 20.3. The van der Waals surface area contributed by atoms with E-state index in [1.165, 1.54) is 42.0 Å². The van der Waals surface area contributed by atoms with Crippen LogP contribution in [0, 0.1) is 0 Å². The third-order valence-electron chi connectivity index (χ3n) is 6.39. The summed E-state index contributed by atoms with van der Waals surface area (Å²) >= 11 is 1.41. The van der Waals surface area contributed by atoms with E-state index in [1.807, 2.05) is 25.1 Å². The molecule has 2 aromatic carbocycles. The lowest BCUT2D eigenvalue weighted by molar-refractivity contribution is 0.0917. The van der Waals surface area contributed by atoms with Crippen LogP contribution >= 0.6 is 11.3 Å². The molecule has 1 fully saturated rings. The van der Waals surface area contributed by atoms with Gasteiger partial charge in [-0.2, -0.15) is 4.31 Å². The quantitative estimate of drug-likeness (QED) is 0.285. The number of sulfonamides is 1. The Morgan fingerprint density at radius 2 is 1.82 bits per heavy atom. The van der Waals surface area contributed by atoms with Crippen LogP contribution in [0.1, 0.15) is 30.1 Å². The van der Waals surface area contributed by atoms with Crippen molar-refractivity contribution in [2.24, 2.45) is 0 Å². The zero-order valence-corrected chi connectivity index (χ0v) is 24.1. The van der Waals surface area contributed by atoms with Crippen molar-refractivity contribution < 1.29 is 32.2 Å². The molecule has 10 nitrogen and oxygen atoms in total. The molecule has 4 rings (SSSR count). The zero-order valence-electron chi connectivity index (χ0n) is 22.5. The second kappa shape index (κ2) is 13.6. The van der Waals surface area contributed by atoms with Gasteiger partial charge in [0.05, 0.1) is 42.1 Å². The molecule has 0 N–H and O–H groups in total. The normalized spacial score (nSPS) is 15.7. The smallest absolute Gasteiger partial charge is 0.260 e. The van der Waals surface area contributed by atoms with E-state index in [9.17, 15) is 13.2 Å². The molecule has 0 bridgehead atoms. The first-order chi connectivity index (χ1) is 18.9. The lowest BCUT2D eigenvalue weighted by atomic mass is 10.2. The molecule has 1 atom stereocenters. The Balaban J connectivity index is 1.63. The van der Waals surface area contributed by atoms with E-state index < -0.39 is 10.0 Å². The van der Waals surface area contributed by atoms with Crippen LogP contribution in [-0.4, -0.2) is 90.0 Å². The van der Waals surface area contributed by atoms with Gasteiger partial charge in [-0.15, -0.1) is 0 Å². The number of ether oxygens (including phenoxy) is 4. The second-order valence-electron chi connectivity index (χ2n) is 9.00. The first kappa shape index (κ1) is 29.4. The van der Waals surface area contributed by atoms with Gasteiger partial charge >= 0.3 is 0 Å². The van der Waals surface area contributed by atoms with Gasteiger partial charge < -0.3 is 18.9 Å². The van der Waals surface area contributed by atoms with Crippen LogP contribution in [0.15, 0.2) is 47.4 Å². The van der Waals surface area contributed by atoms with Crippen molar-refractivity contribution in [3.8, 4) is 5.75 Å². The molecule has 0 radical (unpaired) electrons. The van der Waals surface area contributed by atoms with Crippen LogP contribution in [0.4, 0.5) is 5.13 Å². The molecular weight excluding hydrogens is 542 g/mol. The lowest BCUT2D eigenvalue weighted by Crippen LogP contribution is -2.38. The van der Waals surface area contributed by atoms with Gasteiger partial charge in [0.1, 0.15) is 11.3 Å². The molecule has 0 aliphatic carbocycles. The van der Waals surface area contributed by atoms with Crippen molar-refractivity contribution >= 4 is 42.6 Å². The van der Waals surface area contributed by atoms with Crippen LogP contribution in [0.3, 0.4) is 0 Å². The summed E-state index contributed by atoms with van der Waals surface area (Å²) in [7, 11) is -0.761. The molecule has 1 amide bonds. The van der Waals surface area contributed by atoms with Gasteiger partial charge in [0.15, 0.2) is 5.13 Å². The molecular formula is C27H35N3O7S2. The van der Waals surface area contributed by atoms with Gasteiger partial charge in [0, 0.05) is 39.5 Å². The van der Waals surface area contributed by atoms with Crippen molar-refractivity contribution in [2.75, 3.05) is 65.2 Å². The number of amides is 1. The zero-order chi connectivity index (χ0) is 27.8. The van der Waals surface area contributed by atoms with Gasteiger partial charge in [-0.05, 0) is 56.2 Å². The van der Waals surface area contributed by atoms with Crippen molar-refractivity contribution in [3.63, 3.8) is 0 Å². The Bertz CT molecular complexity index is 1330. The monoisotopic (exact) mass is 577 g/mol. The number of carbonyl (C=O) groups excluding carboxylic acids is 1. The van der Waals surface area contributed by atoms with Crippen molar-refractivity contribution in [3.05, 3.63) is 48.0 Å². The van der Waals surface area contributed by atoms with Crippen molar-refractivity contribution in [1.82, 2.24) is 9.29 Å². The first-order valence-electron chi connectivity index (χ1n) is 12.9. The van der Waals surface area contributed by atoms with Crippen molar-refractivity contribution in [2.45, 2.75) is 30.8 Å². The minimum absolute atomic E-state index is 0.0953. The number of para-hydroxylation sites is 1. The maximum atomic E-state index is 13.8. The fourth-order valence-electron chi connectivity index (χ4n) is 4.35. The Morgan fingerprint density at radius 3 is 2.44 bits per heavy atom. The summed E-state index contributed by atoms with van der Waals surface area (Å²) in [5.41, 5.74) is 1.06. The van der Waals surface area contributed by atoms with E-state index in [1.54, 1.807) is 17.0 Å². The van der Waals surface area contributed by atoms with Gasteiger partial charge in [0.2, 0.25) is 10.0 Å². The van der Waals surface area contributed by atoms with Gasteiger partial charge in [-0.25, -0.2) is 13.4 Å². The largest absolute Gasteiger partial charge is 0.492 e. The number of thiazole rings is 1. The summed E-state index contributed by atoms with van der Waals surface area (Å²) in [5.74, 6) is 0.394. The third-order valence-corrected chi connectivity index (χ3v) is 9.34. The highest BCUT2D eigenvalue weighted by Crippen LogP contribution is 2.35. The highest BCUT2D eigenvalue weighted by molar-refractivity contribution is 7.89. The fraction of sp³-hybridized carbons (Fsp3) is 0.481. The molecule has 1 aliphatic heterocycles. The number of hydrogen-bond donors (Lipinski definition) is 0. The van der Waals surface area contributed by atoms with Crippen LogP contribution in [0.5, 0.6) is 5.75 Å². The van der Waals surface area contributed by atoms with Crippen LogP contribution in [0.25, 0.3) is 10.2 Å². The molecule has 1 saturated heterocycles. The van der Waals surface area contributed by atoms with Crippen LogP contribution < -0.4 is 9.64 Å². The number of fused-ring (bicyclic) bond motifs is 1. The Labute approximate surface area is 233 Å². The van der Waals surface area contributed by atoms with Gasteiger partial charge in [-0.3, -0.25) is 9.69 Å². The average molecular weight is 578 g/mol. The van der Waals surface area contributed by atoms with E-state index in [0.29, 0.717) is 41.7 Å². The summed E-state index contributed by atoms with van der Waals surface area (Å²) in [6.07, 6.45) is 1.70. The third kappa shape index (κ3) is 6.94. The number of benzene rings is 2. The van der Waals surface area contributed by atoms with Crippen LogP contribution in [0.2, 0.25) is 0 Å². The van der Waals surface area contributed by atoms with Gasteiger partial charge in [-0.1, -0.05) is 17.4 Å². The number of hydrogen-bond acceptors (Lipinski definition) is 9. The predicted molar refractivity (Wildman–Crippen MR) is 150 cm³/mol. The Hall–Kier alpha value is -2.61. The summed E-state index contributed by atoms with van der Waals surface area (Å²) < 4.78 is 50.5. The highest BCUT2D eigenvalue weighted by atomic mass is 32.2. The minimum atomic E-state index is -3.80. The first-order valence-corrected chi connectivity index (χ1v) is 15.2. The van der Waals surface area contributed by atoms with E-state index >= 15 is 0 Å². The van der Waals surface area contributed by atoms with Crippen LogP contribution in [-0.2, 0) is 24.2 Å². The average Bonchev–Trinajstić information content (AvgIpc) is 3.62. The van der Waals surface area contributed by atoms with E-state index in [0.717, 1.165) is 17.5 Å². The summed E-state index contributed by atoms with van der Waals surface area (Å²) in [6.45, 7) is 4.33. The van der Waals surface area contributed by atoms with E-state index in [2.05, 4.69) is 0 Å². The second-order valence-corrected chi connectivity index (χ2v) is 11.9. The number of anilines is 1. The SMILES string of the molecule is CCOc1cccc2sc(N(CC3CCCO3)C(=O)c3ccc(S(=O)(=O)N(CCOC)CCOC)cc3)nc12. The topological polar surface area (TPSA) is 108 Å². The number of methoxy groups -OCH3 is 2. The Morgan fingerprint density at radius 1 is 1.10 bits per heavy atom. The number of nitrogens with zero attached hydrogens (tertiary/aromatic N) is 3. The number of carbonyl (C=O) groups is 1. The predicted octanol–water partition coefficient (Wildman–Crippen LogP) is 3.80. The molecule has 212 valence electrons. The maximum absolute atomic E-state index is 13.8. The Kier molecular flexibility index (Phi) is 10.3. The molecule has 2 heterocycles.